The number of benzene rings is 3. The Morgan fingerprint density at radius 2 is 1.41 bits per heavy atom. The van der Waals surface area contributed by atoms with Crippen molar-refractivity contribution in [2.45, 2.75) is 0 Å². The van der Waals surface area contributed by atoms with Crippen molar-refractivity contribution >= 4 is 46.5 Å². The molecule has 0 saturated heterocycles. The first-order valence-electron chi connectivity index (χ1n) is 9.33. The zero-order valence-electron chi connectivity index (χ0n) is 16.8. The fourth-order valence-corrected chi connectivity index (χ4v) is 2.93. The third kappa shape index (κ3) is 5.96. The Labute approximate surface area is 188 Å². The number of carbonyl (C=O) groups excluding carboxylic acids is 3. The van der Waals surface area contributed by atoms with Gasteiger partial charge in [0.15, 0.2) is 5.11 Å². The second kappa shape index (κ2) is 10.3. The zero-order valence-corrected chi connectivity index (χ0v) is 17.7. The first-order valence-corrected chi connectivity index (χ1v) is 9.74. The molecule has 0 spiro atoms. The Morgan fingerprint density at radius 3 is 2.09 bits per heavy atom. The van der Waals surface area contributed by atoms with Crippen LogP contribution >= 0.6 is 12.2 Å². The summed E-state index contributed by atoms with van der Waals surface area (Å²) >= 11 is 5.17. The van der Waals surface area contributed by atoms with Gasteiger partial charge in [-0.25, -0.2) is 9.18 Å². The van der Waals surface area contributed by atoms with Crippen LogP contribution in [-0.4, -0.2) is 30.0 Å². The Morgan fingerprint density at radius 1 is 0.781 bits per heavy atom. The third-order valence-electron chi connectivity index (χ3n) is 4.26. The van der Waals surface area contributed by atoms with E-state index >= 15 is 0 Å². The van der Waals surface area contributed by atoms with Gasteiger partial charge in [0.05, 0.1) is 12.7 Å². The van der Waals surface area contributed by atoms with Gasteiger partial charge in [0.1, 0.15) is 5.82 Å². The molecule has 2 amide bonds. The highest BCUT2D eigenvalue weighted by Crippen LogP contribution is 2.14. The zero-order chi connectivity index (χ0) is 23.1. The molecule has 0 unspecified atom stereocenters. The highest BCUT2D eigenvalue weighted by molar-refractivity contribution is 7.80. The summed E-state index contributed by atoms with van der Waals surface area (Å²) in [6.07, 6.45) is 0. The van der Waals surface area contributed by atoms with Crippen LogP contribution in [0.2, 0.25) is 0 Å². The normalized spacial score (nSPS) is 10.1. The van der Waals surface area contributed by atoms with Crippen LogP contribution < -0.4 is 16.0 Å². The van der Waals surface area contributed by atoms with Gasteiger partial charge in [-0.2, -0.15) is 0 Å². The summed E-state index contributed by atoms with van der Waals surface area (Å²) in [5.41, 5.74) is 1.72. The Kier molecular flexibility index (Phi) is 7.25. The molecule has 3 N–H and O–H groups in total. The van der Waals surface area contributed by atoms with E-state index in [1.165, 1.54) is 49.6 Å². The molecule has 0 aliphatic carbocycles. The van der Waals surface area contributed by atoms with E-state index in [0.717, 1.165) is 0 Å². The largest absolute Gasteiger partial charge is 0.465 e. The van der Waals surface area contributed by atoms with E-state index in [0.29, 0.717) is 16.9 Å². The summed E-state index contributed by atoms with van der Waals surface area (Å²) in [6, 6.07) is 17.9. The lowest BCUT2D eigenvalue weighted by molar-refractivity contribution is 0.0600. The van der Waals surface area contributed by atoms with E-state index in [9.17, 15) is 18.8 Å². The minimum atomic E-state index is -0.559. The monoisotopic (exact) mass is 451 g/mol. The molecule has 0 fully saturated rings. The highest BCUT2D eigenvalue weighted by Gasteiger charge is 2.13. The number of hydrogen-bond donors (Lipinski definition) is 3. The summed E-state index contributed by atoms with van der Waals surface area (Å²) in [6.45, 7) is 0. The van der Waals surface area contributed by atoms with Crippen LogP contribution in [0.3, 0.4) is 0 Å². The van der Waals surface area contributed by atoms with Gasteiger partial charge in [0.25, 0.3) is 11.8 Å². The van der Waals surface area contributed by atoms with Crippen LogP contribution in [0, 0.1) is 5.82 Å². The number of methoxy groups -OCH3 is 1. The van der Waals surface area contributed by atoms with Gasteiger partial charge < -0.3 is 15.4 Å². The van der Waals surface area contributed by atoms with Crippen LogP contribution in [0.15, 0.2) is 72.8 Å². The van der Waals surface area contributed by atoms with Crippen molar-refractivity contribution < 1.29 is 23.5 Å². The van der Waals surface area contributed by atoms with Gasteiger partial charge in [-0.15, -0.1) is 0 Å². The Bertz CT molecular complexity index is 1180. The first-order chi connectivity index (χ1) is 15.4. The van der Waals surface area contributed by atoms with E-state index in [2.05, 4.69) is 20.7 Å². The number of carbonyl (C=O) groups is 3. The summed E-state index contributed by atoms with van der Waals surface area (Å²) in [5.74, 6) is -1.87. The molecule has 3 aromatic carbocycles. The molecule has 3 aromatic rings. The van der Waals surface area contributed by atoms with Gasteiger partial charge in [0, 0.05) is 22.5 Å². The average molecular weight is 451 g/mol. The van der Waals surface area contributed by atoms with Crippen molar-refractivity contribution in [3.8, 4) is 0 Å². The molecule has 0 atom stereocenters. The molecule has 0 aliphatic rings. The standard InChI is InChI=1S/C23H18FN3O4S/c1-31-22(30)16-6-2-4-14(12-16)21(29)27-23(32)26-19-7-3-5-15(13-19)20(28)25-18-10-8-17(24)9-11-18/h2-13H,1H3,(H,25,28)(H2,26,27,29,32). The molecule has 32 heavy (non-hydrogen) atoms. The lowest BCUT2D eigenvalue weighted by Crippen LogP contribution is -2.34. The number of nitrogens with one attached hydrogen (secondary N) is 3. The van der Waals surface area contributed by atoms with Gasteiger partial charge in [-0.1, -0.05) is 12.1 Å². The lowest BCUT2D eigenvalue weighted by atomic mass is 10.1. The average Bonchev–Trinajstić information content (AvgIpc) is 2.80. The summed E-state index contributed by atoms with van der Waals surface area (Å²) < 4.78 is 17.7. The molecule has 7 nitrogen and oxygen atoms in total. The summed E-state index contributed by atoms with van der Waals surface area (Å²) in [4.78, 5) is 36.5. The second-order valence-electron chi connectivity index (χ2n) is 6.52. The van der Waals surface area contributed by atoms with Crippen molar-refractivity contribution in [3.63, 3.8) is 0 Å². The Hall–Kier alpha value is -4.11. The molecule has 3 rings (SSSR count). The fourth-order valence-electron chi connectivity index (χ4n) is 2.72. The number of amides is 2. The third-order valence-corrected chi connectivity index (χ3v) is 4.46. The molecule has 0 heterocycles. The van der Waals surface area contributed by atoms with Crippen molar-refractivity contribution in [2.24, 2.45) is 0 Å². The molecule has 0 saturated carbocycles. The molecule has 0 radical (unpaired) electrons. The van der Waals surface area contributed by atoms with Gasteiger partial charge in [0.2, 0.25) is 0 Å². The minimum absolute atomic E-state index is 0.00886. The second-order valence-corrected chi connectivity index (χ2v) is 6.93. The van der Waals surface area contributed by atoms with Crippen molar-refractivity contribution in [1.29, 1.82) is 0 Å². The van der Waals surface area contributed by atoms with Gasteiger partial charge >= 0.3 is 5.97 Å². The van der Waals surface area contributed by atoms with E-state index in [-0.39, 0.29) is 16.2 Å². The molecule has 0 aromatic heterocycles. The van der Waals surface area contributed by atoms with E-state index in [4.69, 9.17) is 12.2 Å². The maximum Gasteiger partial charge on any atom is 0.337 e. The molecule has 9 heteroatoms. The summed E-state index contributed by atoms with van der Waals surface area (Å²) in [7, 11) is 1.25. The topological polar surface area (TPSA) is 96.5 Å². The highest BCUT2D eigenvalue weighted by atomic mass is 32.1. The SMILES string of the molecule is COC(=O)c1cccc(C(=O)NC(=S)Nc2cccc(C(=O)Nc3ccc(F)cc3)c2)c1. The van der Waals surface area contributed by atoms with Gasteiger partial charge in [-0.3, -0.25) is 14.9 Å². The number of ether oxygens (including phenoxy) is 1. The smallest absolute Gasteiger partial charge is 0.337 e. The lowest BCUT2D eigenvalue weighted by Gasteiger charge is -2.11. The van der Waals surface area contributed by atoms with Crippen LogP contribution in [-0.2, 0) is 4.74 Å². The summed E-state index contributed by atoms with van der Waals surface area (Å²) in [5, 5.41) is 8.03. The number of rotatable bonds is 5. The maximum absolute atomic E-state index is 13.0. The van der Waals surface area contributed by atoms with Crippen molar-refractivity contribution in [3.05, 3.63) is 95.3 Å². The fraction of sp³-hybridized carbons (Fsp3) is 0.0435. The molecule has 162 valence electrons. The molecule has 0 bridgehead atoms. The van der Waals surface area contributed by atoms with E-state index < -0.39 is 23.6 Å². The van der Waals surface area contributed by atoms with Crippen molar-refractivity contribution in [1.82, 2.24) is 5.32 Å². The predicted octanol–water partition coefficient (Wildman–Crippen LogP) is 3.99. The van der Waals surface area contributed by atoms with Crippen LogP contribution in [0.25, 0.3) is 0 Å². The molecule has 0 aliphatic heterocycles. The van der Waals surface area contributed by atoms with Crippen LogP contribution in [0.4, 0.5) is 15.8 Å². The van der Waals surface area contributed by atoms with Crippen LogP contribution in [0.1, 0.15) is 31.1 Å². The quantitative estimate of drug-likeness (QED) is 0.401. The predicted molar refractivity (Wildman–Crippen MR) is 122 cm³/mol. The number of halogens is 1. The van der Waals surface area contributed by atoms with Gasteiger partial charge in [-0.05, 0) is 72.9 Å². The number of hydrogen-bond acceptors (Lipinski definition) is 5. The molecular weight excluding hydrogens is 433 g/mol. The van der Waals surface area contributed by atoms with Crippen LogP contribution in [0.5, 0.6) is 0 Å². The molecular formula is C23H18FN3O4S. The maximum atomic E-state index is 13.0. The first kappa shape index (κ1) is 22.6. The van der Waals surface area contributed by atoms with Crippen molar-refractivity contribution in [2.75, 3.05) is 17.7 Å². The number of thiocarbonyl (C=S) groups is 1. The Balaban J connectivity index is 1.63. The number of esters is 1. The van der Waals surface area contributed by atoms with E-state index in [1.807, 2.05) is 0 Å². The van der Waals surface area contributed by atoms with E-state index in [1.54, 1.807) is 30.3 Å². The minimum Gasteiger partial charge on any atom is -0.465 e. The number of anilines is 2.